The maximum atomic E-state index is 9.22. The lowest BCUT2D eigenvalue weighted by Crippen LogP contribution is -2.26. The Balaban J connectivity index is 1.41. The van der Waals surface area contributed by atoms with Gasteiger partial charge in [-0.25, -0.2) is 9.97 Å². The Bertz CT molecular complexity index is 1140. The van der Waals surface area contributed by atoms with Crippen LogP contribution < -0.4 is 10.5 Å². The fourth-order valence-electron chi connectivity index (χ4n) is 3.77. The van der Waals surface area contributed by atoms with E-state index in [1.807, 2.05) is 54.6 Å². The third kappa shape index (κ3) is 3.30. The Morgan fingerprint density at radius 3 is 2.45 bits per heavy atom. The van der Waals surface area contributed by atoms with Crippen LogP contribution in [-0.2, 0) is 0 Å². The number of nitrogens with one attached hydrogen (secondary N) is 1. The van der Waals surface area contributed by atoms with Crippen LogP contribution in [0.4, 0.5) is 5.82 Å². The van der Waals surface area contributed by atoms with E-state index in [1.54, 1.807) is 0 Å². The lowest BCUT2D eigenvalue weighted by atomic mass is 9.75. The smallest absolute Gasteiger partial charge is 0.187 e. The molecular weight excluding hydrogens is 366 g/mol. The summed E-state index contributed by atoms with van der Waals surface area (Å²) in [6.45, 7) is 0.213. The first-order valence-electron chi connectivity index (χ1n) is 9.67. The Morgan fingerprint density at radius 1 is 1.00 bits per heavy atom. The van der Waals surface area contributed by atoms with Gasteiger partial charge in [0.15, 0.2) is 5.65 Å². The zero-order valence-electron chi connectivity index (χ0n) is 15.7. The van der Waals surface area contributed by atoms with Gasteiger partial charge in [-0.15, -0.1) is 0 Å². The first-order valence-corrected chi connectivity index (χ1v) is 9.67. The molecule has 1 aliphatic carbocycles. The molecule has 0 radical (unpaired) electrons. The Hall–Kier alpha value is -3.45. The summed E-state index contributed by atoms with van der Waals surface area (Å²) < 4.78 is 5.85. The van der Waals surface area contributed by atoms with Crippen LogP contribution in [0.2, 0.25) is 0 Å². The van der Waals surface area contributed by atoms with Crippen molar-refractivity contribution in [1.29, 1.82) is 0 Å². The number of rotatable bonds is 5. The van der Waals surface area contributed by atoms with E-state index in [9.17, 15) is 5.11 Å². The quantitative estimate of drug-likeness (QED) is 0.479. The van der Waals surface area contributed by atoms with Crippen molar-refractivity contribution in [2.45, 2.75) is 18.8 Å². The van der Waals surface area contributed by atoms with Crippen LogP contribution in [0.5, 0.6) is 11.5 Å². The highest BCUT2D eigenvalue weighted by atomic mass is 16.5. The molecule has 2 aromatic carbocycles. The second-order valence-electron chi connectivity index (χ2n) is 7.42. The van der Waals surface area contributed by atoms with E-state index in [-0.39, 0.29) is 12.5 Å². The van der Waals surface area contributed by atoms with E-state index < -0.39 is 0 Å². The van der Waals surface area contributed by atoms with E-state index >= 15 is 0 Å². The van der Waals surface area contributed by atoms with Gasteiger partial charge in [0.1, 0.15) is 23.1 Å². The van der Waals surface area contributed by atoms with E-state index in [2.05, 4.69) is 20.2 Å². The summed E-state index contributed by atoms with van der Waals surface area (Å²) in [5, 5.41) is 17.3. The zero-order valence-corrected chi connectivity index (χ0v) is 15.7. The molecule has 1 aliphatic rings. The number of anilines is 1. The average molecular weight is 387 g/mol. The van der Waals surface area contributed by atoms with Crippen molar-refractivity contribution in [3.05, 3.63) is 60.4 Å². The number of aliphatic hydroxyl groups is 1. The van der Waals surface area contributed by atoms with Gasteiger partial charge in [-0.3, -0.25) is 5.10 Å². The molecule has 7 heteroatoms. The van der Waals surface area contributed by atoms with Gasteiger partial charge in [0.2, 0.25) is 0 Å². The number of para-hydroxylation sites is 1. The predicted molar refractivity (Wildman–Crippen MR) is 111 cm³/mol. The first kappa shape index (κ1) is 17.6. The van der Waals surface area contributed by atoms with Gasteiger partial charge in [-0.1, -0.05) is 18.2 Å². The van der Waals surface area contributed by atoms with Crippen LogP contribution in [0.1, 0.15) is 24.6 Å². The lowest BCUT2D eigenvalue weighted by Gasteiger charge is -2.32. The summed E-state index contributed by atoms with van der Waals surface area (Å²) >= 11 is 0. The number of aliphatic hydroxyl groups excluding tert-OH is 1. The minimum Gasteiger partial charge on any atom is -0.457 e. The van der Waals surface area contributed by atoms with E-state index in [1.165, 1.54) is 0 Å². The van der Waals surface area contributed by atoms with Crippen LogP contribution in [-0.4, -0.2) is 31.9 Å². The normalized spacial score (nSPS) is 18.5. The molecule has 29 heavy (non-hydrogen) atoms. The van der Waals surface area contributed by atoms with Crippen LogP contribution in [0.25, 0.3) is 22.3 Å². The molecule has 0 bridgehead atoms. The summed E-state index contributed by atoms with van der Waals surface area (Å²) in [6.07, 6.45) is 1.78. The molecule has 0 amide bonds. The fraction of sp³-hybridized carbons (Fsp3) is 0.227. The number of hydrogen-bond acceptors (Lipinski definition) is 6. The summed E-state index contributed by atoms with van der Waals surface area (Å²) in [7, 11) is 0. The number of hydrogen-bond donors (Lipinski definition) is 3. The minimum atomic E-state index is 0.213. The number of nitrogen functional groups attached to an aromatic ring is 1. The van der Waals surface area contributed by atoms with Crippen LogP contribution >= 0.6 is 0 Å². The van der Waals surface area contributed by atoms with Gasteiger partial charge in [0, 0.05) is 18.1 Å². The second-order valence-corrected chi connectivity index (χ2v) is 7.42. The first-order chi connectivity index (χ1) is 14.2. The van der Waals surface area contributed by atoms with Gasteiger partial charge in [0.05, 0.1) is 11.1 Å². The molecule has 0 spiro atoms. The number of aromatic amines is 1. The Kier molecular flexibility index (Phi) is 4.37. The highest BCUT2D eigenvalue weighted by Gasteiger charge is 2.32. The number of H-pyrrole nitrogens is 1. The fourth-order valence-corrected chi connectivity index (χ4v) is 3.77. The molecule has 0 atom stereocenters. The highest BCUT2D eigenvalue weighted by molar-refractivity contribution is 5.98. The number of ether oxygens (including phenoxy) is 1. The Morgan fingerprint density at radius 2 is 1.72 bits per heavy atom. The molecule has 0 aliphatic heterocycles. The maximum absolute atomic E-state index is 9.22. The number of nitrogens with zero attached hydrogens (tertiary/aromatic N) is 3. The van der Waals surface area contributed by atoms with Gasteiger partial charge in [-0.05, 0) is 55.2 Å². The summed E-state index contributed by atoms with van der Waals surface area (Å²) in [5.74, 6) is 3.26. The van der Waals surface area contributed by atoms with Crippen LogP contribution in [0.3, 0.4) is 0 Å². The molecule has 0 unspecified atom stereocenters. The molecule has 4 aromatic rings. The molecule has 1 saturated carbocycles. The average Bonchev–Trinajstić information content (AvgIpc) is 3.13. The number of nitrogens with two attached hydrogens (primary N) is 1. The van der Waals surface area contributed by atoms with E-state index in [0.717, 1.165) is 41.0 Å². The van der Waals surface area contributed by atoms with Gasteiger partial charge in [0.25, 0.3) is 0 Å². The molecule has 5 rings (SSSR count). The van der Waals surface area contributed by atoms with Crippen molar-refractivity contribution < 1.29 is 9.84 Å². The standard InChI is InChI=1S/C22H21N5O2/c23-20-18-19(14-6-8-17(9-7-14)29-16-4-2-1-3-5-16)26-27-22(18)25-21(24-20)15-10-13(11-15)12-28/h1-9,13,15,28H,10-12H2,(H3,23,24,25,26,27). The molecule has 0 saturated heterocycles. The number of aromatic nitrogens is 4. The number of benzene rings is 2. The van der Waals surface area contributed by atoms with E-state index in [4.69, 9.17) is 10.5 Å². The van der Waals surface area contributed by atoms with Crippen molar-refractivity contribution in [1.82, 2.24) is 20.2 Å². The molecule has 7 nitrogen and oxygen atoms in total. The molecule has 4 N–H and O–H groups in total. The SMILES string of the molecule is Nc1nc(C2CC(CO)C2)nc2n[nH]c(-c3ccc(Oc4ccccc4)cc3)c12. The van der Waals surface area contributed by atoms with Crippen molar-refractivity contribution in [2.24, 2.45) is 5.92 Å². The van der Waals surface area contributed by atoms with Gasteiger partial charge < -0.3 is 15.6 Å². The highest BCUT2D eigenvalue weighted by Crippen LogP contribution is 2.41. The third-order valence-electron chi connectivity index (χ3n) is 5.44. The van der Waals surface area contributed by atoms with Crippen molar-refractivity contribution in [3.63, 3.8) is 0 Å². The summed E-state index contributed by atoms with van der Waals surface area (Å²) in [6, 6.07) is 17.4. The lowest BCUT2D eigenvalue weighted by molar-refractivity contribution is 0.139. The zero-order chi connectivity index (χ0) is 19.8. The van der Waals surface area contributed by atoms with Gasteiger partial charge in [-0.2, -0.15) is 5.10 Å². The van der Waals surface area contributed by atoms with Crippen LogP contribution in [0, 0.1) is 5.92 Å². The van der Waals surface area contributed by atoms with Crippen LogP contribution in [0.15, 0.2) is 54.6 Å². The molecular formula is C22H21N5O2. The predicted octanol–water partition coefficient (Wildman–Crippen LogP) is 3.88. The summed E-state index contributed by atoms with van der Waals surface area (Å²) in [4.78, 5) is 9.13. The summed E-state index contributed by atoms with van der Waals surface area (Å²) in [5.41, 5.74) is 8.56. The third-order valence-corrected chi connectivity index (χ3v) is 5.44. The molecule has 146 valence electrons. The van der Waals surface area contributed by atoms with Crippen molar-refractivity contribution in [2.75, 3.05) is 12.3 Å². The second kappa shape index (κ2) is 7.18. The molecule has 1 fully saturated rings. The Labute approximate surface area is 167 Å². The topological polar surface area (TPSA) is 110 Å². The van der Waals surface area contributed by atoms with Gasteiger partial charge >= 0.3 is 0 Å². The van der Waals surface area contributed by atoms with Crippen molar-refractivity contribution >= 4 is 16.9 Å². The molecule has 2 aromatic heterocycles. The van der Waals surface area contributed by atoms with E-state index in [0.29, 0.717) is 23.2 Å². The minimum absolute atomic E-state index is 0.213. The van der Waals surface area contributed by atoms with Crippen molar-refractivity contribution in [3.8, 4) is 22.8 Å². The maximum Gasteiger partial charge on any atom is 0.187 e. The largest absolute Gasteiger partial charge is 0.457 e. The number of fused-ring (bicyclic) bond motifs is 1. The molecule has 2 heterocycles. The monoisotopic (exact) mass is 387 g/mol.